The van der Waals surface area contributed by atoms with E-state index in [4.69, 9.17) is 29.1 Å². The predicted molar refractivity (Wildman–Crippen MR) is 245 cm³/mol. The molecule has 7 aromatic rings. The quantitative estimate of drug-likeness (QED) is 0.160. The van der Waals surface area contributed by atoms with E-state index in [0.717, 1.165) is 96.6 Å². The lowest BCUT2D eigenvalue weighted by molar-refractivity contribution is 0.351. The van der Waals surface area contributed by atoms with Crippen molar-refractivity contribution in [3.8, 4) is 50.6 Å². The Kier molecular flexibility index (Phi) is 8.96. The molecule has 0 N–H and O–H groups in total. The highest BCUT2D eigenvalue weighted by Gasteiger charge is 2.50. The number of nitrogens with zero attached hydrogens (tertiary/aromatic N) is 4. The maximum absolute atomic E-state index is 6.69. The summed E-state index contributed by atoms with van der Waals surface area (Å²) in [6.45, 7) is 6.74. The van der Waals surface area contributed by atoms with Gasteiger partial charge in [0, 0.05) is 22.6 Å². The summed E-state index contributed by atoms with van der Waals surface area (Å²) >= 11 is 0. The number of hydrogen-bond acceptors (Lipinski definition) is 6. The molecule has 0 amide bonds. The Morgan fingerprint density at radius 3 is 2.16 bits per heavy atom. The van der Waals surface area contributed by atoms with Crippen LogP contribution in [0.1, 0.15) is 62.1 Å². The molecular formula is C55H44N4O2. The van der Waals surface area contributed by atoms with E-state index in [1.54, 1.807) is 0 Å². The summed E-state index contributed by atoms with van der Waals surface area (Å²) in [5, 5.41) is 0. The molecule has 0 spiro atoms. The van der Waals surface area contributed by atoms with Crippen LogP contribution in [0, 0.1) is 11.8 Å². The summed E-state index contributed by atoms with van der Waals surface area (Å²) in [5.41, 5.74) is 10.7. The Morgan fingerprint density at radius 1 is 0.607 bits per heavy atom. The van der Waals surface area contributed by atoms with E-state index in [2.05, 4.69) is 185 Å². The minimum Gasteiger partial charge on any atom is -0.460 e. The van der Waals surface area contributed by atoms with Crippen molar-refractivity contribution in [2.45, 2.75) is 44.4 Å². The van der Waals surface area contributed by atoms with Crippen LogP contribution in [0.25, 0.3) is 61.5 Å². The maximum Gasteiger partial charge on any atom is 0.227 e. The largest absolute Gasteiger partial charge is 0.460 e. The van der Waals surface area contributed by atoms with Crippen LogP contribution >= 0.6 is 0 Å². The molecule has 6 heteroatoms. The molecule has 0 fully saturated rings. The molecule has 0 saturated heterocycles. The Morgan fingerprint density at radius 2 is 1.34 bits per heavy atom. The van der Waals surface area contributed by atoms with Gasteiger partial charge in [0.15, 0.2) is 11.4 Å². The number of ether oxygens (including phenoxy) is 1. The minimum atomic E-state index is -0.558. The highest BCUT2D eigenvalue weighted by atomic mass is 16.5. The van der Waals surface area contributed by atoms with Gasteiger partial charge >= 0.3 is 0 Å². The van der Waals surface area contributed by atoms with Crippen molar-refractivity contribution < 1.29 is 9.15 Å². The zero-order chi connectivity index (χ0) is 41.1. The fraction of sp³-hybridized carbons (Fsp3) is 0.164. The molecule has 3 aliphatic carbocycles. The average Bonchev–Trinajstić information content (AvgIpc) is 3.87. The summed E-state index contributed by atoms with van der Waals surface area (Å²) in [6, 6.07) is 40.2. The molecule has 3 heterocycles. The lowest BCUT2D eigenvalue weighted by Gasteiger charge is -2.34. The van der Waals surface area contributed by atoms with E-state index in [9.17, 15) is 0 Å². The summed E-state index contributed by atoms with van der Waals surface area (Å²) in [4.78, 5) is 20.8. The number of oxazole rings is 1. The summed E-state index contributed by atoms with van der Waals surface area (Å²) in [7, 11) is 0. The zero-order valence-corrected chi connectivity index (χ0v) is 34.4. The van der Waals surface area contributed by atoms with E-state index in [0.29, 0.717) is 11.8 Å². The van der Waals surface area contributed by atoms with Gasteiger partial charge < -0.3 is 9.15 Å². The second-order valence-electron chi connectivity index (χ2n) is 16.8. The smallest absolute Gasteiger partial charge is 0.227 e. The van der Waals surface area contributed by atoms with E-state index >= 15 is 0 Å². The first-order valence-corrected chi connectivity index (χ1v) is 21.3. The Bertz CT molecular complexity index is 3040. The highest BCUT2D eigenvalue weighted by Crippen LogP contribution is 2.55. The van der Waals surface area contributed by atoms with Gasteiger partial charge in [-0.2, -0.15) is 0 Å². The molecule has 11 rings (SSSR count). The van der Waals surface area contributed by atoms with Crippen LogP contribution in [0.5, 0.6) is 5.75 Å². The lowest BCUT2D eigenvalue weighted by atomic mass is 9.68. The number of hydrogen-bond donors (Lipinski definition) is 0. The van der Waals surface area contributed by atoms with Crippen LogP contribution in [0.15, 0.2) is 186 Å². The number of allylic oxidation sites excluding steroid dienone is 12. The van der Waals surface area contributed by atoms with E-state index in [1.165, 1.54) is 0 Å². The number of rotatable bonds is 7. The molecular weight excluding hydrogens is 749 g/mol. The highest BCUT2D eigenvalue weighted by molar-refractivity contribution is 5.88. The first-order valence-electron chi connectivity index (χ1n) is 21.3. The molecule has 4 aliphatic rings. The normalized spacial score (nSPS) is 22.4. The van der Waals surface area contributed by atoms with Gasteiger partial charge in [-0.1, -0.05) is 153 Å². The molecule has 61 heavy (non-hydrogen) atoms. The molecule has 0 bridgehead atoms. The molecule has 1 aliphatic heterocycles. The molecule has 296 valence electrons. The first-order chi connectivity index (χ1) is 29.9. The SMILES string of the molecule is CC1CC=CC=C1c1nc(C2C=CC=CC2C)nc(C2C=CC=C3Oc4ccc(-c5ccc6nc(-c7cc(-c8ccccc8)ccc7-c7ccccc7)oc6c5)cc4C32C)n1. The van der Waals surface area contributed by atoms with Crippen LogP contribution in [0.2, 0.25) is 0 Å². The van der Waals surface area contributed by atoms with Crippen molar-refractivity contribution in [3.05, 3.63) is 205 Å². The fourth-order valence-electron chi connectivity index (χ4n) is 9.41. The molecule has 0 radical (unpaired) electrons. The summed E-state index contributed by atoms with van der Waals surface area (Å²) in [6.07, 6.45) is 22.5. The third kappa shape index (κ3) is 6.42. The molecule has 5 aromatic carbocycles. The summed E-state index contributed by atoms with van der Waals surface area (Å²) < 4.78 is 13.4. The second kappa shape index (κ2) is 14.8. The third-order valence-electron chi connectivity index (χ3n) is 13.0. The summed E-state index contributed by atoms with van der Waals surface area (Å²) in [5.74, 6) is 5.08. The molecule has 6 nitrogen and oxygen atoms in total. The maximum atomic E-state index is 6.69. The fourth-order valence-corrected chi connectivity index (χ4v) is 9.41. The van der Waals surface area contributed by atoms with Crippen LogP contribution in [-0.2, 0) is 5.41 Å². The topological polar surface area (TPSA) is 73.9 Å². The van der Waals surface area contributed by atoms with Crippen molar-refractivity contribution in [1.82, 2.24) is 19.9 Å². The molecule has 5 unspecified atom stereocenters. The second-order valence-corrected chi connectivity index (χ2v) is 16.8. The van der Waals surface area contributed by atoms with Crippen LogP contribution in [0.4, 0.5) is 0 Å². The van der Waals surface area contributed by atoms with Gasteiger partial charge in [-0.25, -0.2) is 19.9 Å². The van der Waals surface area contributed by atoms with Gasteiger partial charge in [0.2, 0.25) is 5.89 Å². The number of benzene rings is 5. The van der Waals surface area contributed by atoms with Gasteiger partial charge in [-0.3, -0.25) is 0 Å². The van der Waals surface area contributed by atoms with Crippen molar-refractivity contribution in [1.29, 1.82) is 0 Å². The first kappa shape index (κ1) is 36.9. The van der Waals surface area contributed by atoms with Crippen molar-refractivity contribution >= 4 is 16.7 Å². The third-order valence-corrected chi connectivity index (χ3v) is 13.0. The van der Waals surface area contributed by atoms with E-state index < -0.39 is 5.41 Å². The van der Waals surface area contributed by atoms with Gasteiger partial charge in [-0.05, 0) is 95.0 Å². The lowest BCUT2D eigenvalue weighted by Crippen LogP contribution is -2.33. The van der Waals surface area contributed by atoms with Crippen molar-refractivity contribution in [2.24, 2.45) is 11.8 Å². The molecule has 0 saturated carbocycles. The van der Waals surface area contributed by atoms with Gasteiger partial charge in [0.25, 0.3) is 0 Å². The monoisotopic (exact) mass is 792 g/mol. The Labute approximate surface area is 356 Å². The van der Waals surface area contributed by atoms with Crippen molar-refractivity contribution in [2.75, 3.05) is 0 Å². The Balaban J connectivity index is 0.984. The number of aromatic nitrogens is 4. The minimum absolute atomic E-state index is 0.0545. The van der Waals surface area contributed by atoms with Crippen molar-refractivity contribution in [3.63, 3.8) is 0 Å². The van der Waals surface area contributed by atoms with E-state index in [-0.39, 0.29) is 17.8 Å². The van der Waals surface area contributed by atoms with Crippen LogP contribution in [-0.4, -0.2) is 19.9 Å². The predicted octanol–water partition coefficient (Wildman–Crippen LogP) is 13.4. The van der Waals surface area contributed by atoms with Gasteiger partial charge in [0.05, 0.1) is 11.3 Å². The number of fused-ring (bicyclic) bond motifs is 4. The molecule has 5 atom stereocenters. The van der Waals surface area contributed by atoms with Crippen LogP contribution in [0.3, 0.4) is 0 Å². The Hall–Kier alpha value is -7.18. The van der Waals surface area contributed by atoms with E-state index in [1.807, 2.05) is 12.1 Å². The zero-order valence-electron chi connectivity index (χ0n) is 34.4. The average molecular weight is 793 g/mol. The standard InChI is InChI=1S/C55H44N4O2/c1-34-15-10-12-21-41(34)51-57-52(42-22-13-11-16-35(42)2)59-53(58-51)45-23-14-24-50-55(45,3)46-32-39(27-30-48(46)60-50)40-26-29-47-49(33-40)61-54(56-47)44-31-38(36-17-6-4-7-18-36)25-28-43(44)37-19-8-5-9-20-37/h4-15,17-35,41,45H,16H2,1-3H3. The molecule has 2 aromatic heterocycles. The van der Waals surface area contributed by atoms with Gasteiger partial charge in [0.1, 0.15) is 28.7 Å². The van der Waals surface area contributed by atoms with Crippen LogP contribution < -0.4 is 4.74 Å². The van der Waals surface area contributed by atoms with Gasteiger partial charge in [-0.15, -0.1) is 0 Å².